The number of fused-ring (bicyclic) bond motifs is 2. The van der Waals surface area contributed by atoms with Crippen LogP contribution in [0.5, 0.6) is 5.88 Å². The molecule has 3 aromatic rings. The van der Waals surface area contributed by atoms with E-state index in [0.29, 0.717) is 44.8 Å². The van der Waals surface area contributed by atoms with Crippen LogP contribution in [0.4, 0.5) is 20.2 Å². The van der Waals surface area contributed by atoms with E-state index in [2.05, 4.69) is 59.7 Å². The van der Waals surface area contributed by atoms with E-state index in [1.54, 1.807) is 16.8 Å². The number of likely N-dealkylation sites (N-methyl/N-ethyl adjacent to an activating group) is 1. The first-order valence-electron chi connectivity index (χ1n) is 15.6. The summed E-state index contributed by atoms with van der Waals surface area (Å²) in [6.45, 7) is 7.65. The highest BCUT2D eigenvalue weighted by Gasteiger charge is 2.44. The molecule has 1 aromatic heterocycles. The number of carbonyl (C=O) groups excluding carboxylic acids is 1. The van der Waals surface area contributed by atoms with Crippen LogP contribution in [0.2, 0.25) is 0 Å². The first-order valence-corrected chi connectivity index (χ1v) is 15.6. The van der Waals surface area contributed by atoms with Crippen molar-refractivity contribution in [3.63, 3.8) is 0 Å². The molecule has 3 aliphatic rings. The van der Waals surface area contributed by atoms with Crippen molar-refractivity contribution in [1.82, 2.24) is 14.8 Å². The molecule has 3 aliphatic heterocycles. The van der Waals surface area contributed by atoms with Crippen LogP contribution < -0.4 is 14.5 Å². The van der Waals surface area contributed by atoms with Gasteiger partial charge in [0.1, 0.15) is 18.2 Å². The van der Waals surface area contributed by atoms with E-state index in [4.69, 9.17) is 9.72 Å². The zero-order chi connectivity index (χ0) is 32.6. The molecule has 0 unspecified atom stereocenters. The molecule has 1 amide bonds. The number of aromatic nitrogens is 1. The number of hydrogen-bond acceptors (Lipinski definition) is 8. The van der Waals surface area contributed by atoms with Gasteiger partial charge in [0.15, 0.2) is 0 Å². The number of pyridine rings is 1. The fourth-order valence-electron chi connectivity index (χ4n) is 7.23. The van der Waals surface area contributed by atoms with Gasteiger partial charge < -0.3 is 19.4 Å². The maximum atomic E-state index is 14.2. The van der Waals surface area contributed by atoms with Crippen LogP contribution in [-0.2, 0) is 17.8 Å². The molecule has 4 heterocycles. The minimum absolute atomic E-state index is 0.0309. The predicted molar refractivity (Wildman–Crippen MR) is 172 cm³/mol. The Morgan fingerprint density at radius 2 is 1.93 bits per heavy atom. The van der Waals surface area contributed by atoms with Crippen molar-refractivity contribution in [3.8, 4) is 18.0 Å². The summed E-state index contributed by atoms with van der Waals surface area (Å²) < 4.78 is 34.5. The number of ether oxygens (including phenoxy) is 1. The third kappa shape index (κ3) is 5.83. The molecule has 238 valence electrons. The number of aryl methyl sites for hydroxylation is 1. The average molecular weight is 626 g/mol. The summed E-state index contributed by atoms with van der Waals surface area (Å²) in [5.74, 6) is -2.91. The largest absolute Gasteiger partial charge is 0.475 e. The number of benzene rings is 2. The minimum atomic E-state index is -2.80. The Morgan fingerprint density at radius 3 is 2.63 bits per heavy atom. The standard InChI is InChI=1S/C35H37F2N7O2/c1-4-31(45)44-16-15-43(19-25(44)11-13-38)33-27-12-14-42(30-10-6-9-24-8-5-7-23(2)32(24)30)20-29(27)40-34(28(33)18-39)46-21-26-17-35(36,37)22-41(26)3/h4-10,25-26H,1,11-12,14-17,19-22H2,2-3H3/t25-,26-/m0/s1. The molecule has 0 N–H and O–H groups in total. The molecular formula is C35H37F2N7O2. The quantitative estimate of drug-likeness (QED) is 0.345. The molecule has 2 aromatic carbocycles. The summed E-state index contributed by atoms with van der Waals surface area (Å²) in [4.78, 5) is 25.1. The number of likely N-dealkylation sites (tertiary alicyclic amines) is 1. The first kappa shape index (κ1) is 31.3. The fraction of sp³-hybridized carbons (Fsp3) is 0.429. The van der Waals surface area contributed by atoms with Crippen molar-refractivity contribution >= 4 is 28.1 Å². The highest BCUT2D eigenvalue weighted by Crippen LogP contribution is 2.40. The molecule has 6 rings (SSSR count). The highest BCUT2D eigenvalue weighted by atomic mass is 19.3. The van der Waals surface area contributed by atoms with Gasteiger partial charge >= 0.3 is 0 Å². The van der Waals surface area contributed by atoms with Crippen LogP contribution in [0.15, 0.2) is 49.1 Å². The van der Waals surface area contributed by atoms with Crippen LogP contribution in [0.25, 0.3) is 10.8 Å². The number of nitrogens with zero attached hydrogens (tertiary/aromatic N) is 7. The average Bonchev–Trinajstić information content (AvgIpc) is 3.32. The molecule has 0 radical (unpaired) electrons. The molecule has 9 nitrogen and oxygen atoms in total. The third-order valence-corrected chi connectivity index (χ3v) is 9.47. The number of halogens is 2. The molecule has 0 bridgehead atoms. The molecule has 2 fully saturated rings. The number of amides is 1. The Morgan fingerprint density at radius 1 is 1.15 bits per heavy atom. The summed E-state index contributed by atoms with van der Waals surface area (Å²) in [5.41, 5.74) is 4.89. The van der Waals surface area contributed by atoms with Crippen molar-refractivity contribution in [1.29, 1.82) is 10.5 Å². The topological polar surface area (TPSA) is 99.7 Å². The second-order valence-corrected chi connectivity index (χ2v) is 12.4. The minimum Gasteiger partial charge on any atom is -0.475 e. The van der Waals surface area contributed by atoms with Gasteiger partial charge in [0.05, 0.1) is 43.0 Å². The van der Waals surface area contributed by atoms with Crippen molar-refractivity contribution in [2.45, 2.75) is 50.7 Å². The monoisotopic (exact) mass is 625 g/mol. The van der Waals surface area contributed by atoms with Gasteiger partial charge in [-0.1, -0.05) is 36.9 Å². The predicted octanol–water partition coefficient (Wildman–Crippen LogP) is 4.81. The third-order valence-electron chi connectivity index (χ3n) is 9.47. The van der Waals surface area contributed by atoms with E-state index in [-0.39, 0.29) is 43.3 Å². The Bertz CT molecular complexity index is 1760. The smallest absolute Gasteiger partial charge is 0.262 e. The Hall–Kier alpha value is -4.74. The van der Waals surface area contributed by atoms with Gasteiger partial charge in [0.25, 0.3) is 5.92 Å². The maximum absolute atomic E-state index is 14.2. The van der Waals surface area contributed by atoms with Crippen LogP contribution in [0, 0.1) is 29.6 Å². The molecule has 2 atom stereocenters. The van der Waals surface area contributed by atoms with Gasteiger partial charge in [-0.2, -0.15) is 10.5 Å². The van der Waals surface area contributed by atoms with Crippen LogP contribution in [-0.4, -0.2) is 85.1 Å². The van der Waals surface area contributed by atoms with Crippen molar-refractivity contribution in [3.05, 3.63) is 71.4 Å². The highest BCUT2D eigenvalue weighted by molar-refractivity contribution is 5.97. The first-order chi connectivity index (χ1) is 22.1. The number of piperazine rings is 1. The van der Waals surface area contributed by atoms with Gasteiger partial charge in [-0.3, -0.25) is 9.69 Å². The molecule has 0 aliphatic carbocycles. The Balaban J connectivity index is 1.40. The van der Waals surface area contributed by atoms with E-state index in [9.17, 15) is 24.1 Å². The van der Waals surface area contributed by atoms with Gasteiger partial charge in [0, 0.05) is 55.3 Å². The Kier molecular flexibility index (Phi) is 8.54. The molecule has 0 spiro atoms. The summed E-state index contributed by atoms with van der Waals surface area (Å²) >= 11 is 0. The second kappa shape index (κ2) is 12.6. The van der Waals surface area contributed by atoms with Gasteiger partial charge in [-0.15, -0.1) is 0 Å². The van der Waals surface area contributed by atoms with E-state index in [1.165, 1.54) is 17.0 Å². The summed E-state index contributed by atoms with van der Waals surface area (Å²) in [7, 11) is 1.65. The lowest BCUT2D eigenvalue weighted by molar-refractivity contribution is -0.128. The number of carbonyl (C=O) groups is 1. The van der Waals surface area contributed by atoms with Crippen LogP contribution in [0.1, 0.15) is 35.2 Å². The van der Waals surface area contributed by atoms with Gasteiger partial charge in [-0.05, 0) is 43.5 Å². The van der Waals surface area contributed by atoms with Crippen molar-refractivity contribution in [2.75, 3.05) is 56.2 Å². The number of hydrogen-bond donors (Lipinski definition) is 0. The lowest BCUT2D eigenvalue weighted by Crippen LogP contribution is -2.55. The van der Waals surface area contributed by atoms with E-state index >= 15 is 0 Å². The molecular weight excluding hydrogens is 588 g/mol. The zero-order valence-electron chi connectivity index (χ0n) is 26.2. The lowest BCUT2D eigenvalue weighted by atomic mass is 9.95. The second-order valence-electron chi connectivity index (χ2n) is 12.4. The van der Waals surface area contributed by atoms with Crippen LogP contribution in [0.3, 0.4) is 0 Å². The van der Waals surface area contributed by atoms with E-state index in [0.717, 1.165) is 22.3 Å². The molecule has 0 saturated carbocycles. The number of nitriles is 2. The number of anilines is 2. The van der Waals surface area contributed by atoms with Crippen molar-refractivity contribution < 1.29 is 18.3 Å². The van der Waals surface area contributed by atoms with Gasteiger partial charge in [-0.25, -0.2) is 13.8 Å². The molecule has 46 heavy (non-hydrogen) atoms. The Labute approximate surface area is 267 Å². The number of rotatable bonds is 7. The fourth-order valence-corrected chi connectivity index (χ4v) is 7.23. The van der Waals surface area contributed by atoms with Crippen molar-refractivity contribution in [2.24, 2.45) is 0 Å². The maximum Gasteiger partial charge on any atom is 0.262 e. The lowest BCUT2D eigenvalue weighted by Gasteiger charge is -2.43. The van der Waals surface area contributed by atoms with E-state index < -0.39 is 18.0 Å². The molecule has 2 saturated heterocycles. The normalized spacial score (nSPS) is 21.0. The number of alkyl halides is 2. The summed E-state index contributed by atoms with van der Waals surface area (Å²) in [5, 5.41) is 22.4. The summed E-state index contributed by atoms with van der Waals surface area (Å²) in [6.07, 6.45) is 1.67. The SMILES string of the molecule is C=CC(=O)N1CCN(c2c(C#N)c(OC[C@@H]3CC(F)(F)CN3C)nc3c2CCN(c2cccc4cccc(C)c24)C3)C[C@@H]1CC#N. The molecule has 11 heteroatoms. The van der Waals surface area contributed by atoms with Crippen LogP contribution >= 0.6 is 0 Å². The summed E-state index contributed by atoms with van der Waals surface area (Å²) in [6, 6.07) is 16.1. The van der Waals surface area contributed by atoms with Gasteiger partial charge in [0.2, 0.25) is 11.8 Å². The van der Waals surface area contributed by atoms with E-state index in [1.807, 2.05) is 12.1 Å². The zero-order valence-corrected chi connectivity index (χ0v) is 26.2.